The summed E-state index contributed by atoms with van der Waals surface area (Å²) < 4.78 is 0. The van der Waals surface area contributed by atoms with Crippen LogP contribution in [0.25, 0.3) is 0 Å². The van der Waals surface area contributed by atoms with E-state index in [-0.39, 0.29) is 6.04 Å². The highest BCUT2D eigenvalue weighted by Gasteiger charge is 2.23. The first-order valence-electron chi connectivity index (χ1n) is 5.53. The predicted molar refractivity (Wildman–Crippen MR) is 58.5 cm³/mol. The minimum absolute atomic E-state index is 0.354. The van der Waals surface area contributed by atoms with E-state index < -0.39 is 5.97 Å². The summed E-state index contributed by atoms with van der Waals surface area (Å²) in [5.41, 5.74) is 0. The van der Waals surface area contributed by atoms with E-state index in [9.17, 15) is 4.79 Å². The first kappa shape index (κ1) is 13.4. The molecule has 0 saturated heterocycles. The van der Waals surface area contributed by atoms with Gasteiger partial charge in [-0.2, -0.15) is 0 Å². The summed E-state index contributed by atoms with van der Waals surface area (Å²) in [4.78, 5) is 13.0. The Kier molecular flexibility index (Phi) is 6.54. The molecule has 0 aliphatic heterocycles. The summed E-state index contributed by atoms with van der Waals surface area (Å²) in [6.45, 7) is 8.97. The molecule has 0 rings (SSSR count). The molecule has 0 aliphatic carbocycles. The molecule has 0 heterocycles. The topological polar surface area (TPSA) is 40.5 Å². The third kappa shape index (κ3) is 4.09. The maximum Gasteiger partial charge on any atom is 0.320 e. The molecule has 0 saturated carbocycles. The van der Waals surface area contributed by atoms with Gasteiger partial charge in [0, 0.05) is 6.04 Å². The number of nitrogens with zero attached hydrogens (tertiary/aromatic N) is 1. The lowest BCUT2D eigenvalue weighted by Gasteiger charge is -2.31. The fourth-order valence-corrected chi connectivity index (χ4v) is 1.51. The van der Waals surface area contributed by atoms with Crippen LogP contribution >= 0.6 is 0 Å². The number of unbranched alkanes of at least 4 members (excludes halogenated alkanes) is 1. The number of hydrogen-bond donors (Lipinski definition) is 1. The summed E-state index contributed by atoms with van der Waals surface area (Å²) in [6.07, 6.45) is 3.18. The van der Waals surface area contributed by atoms with Crippen molar-refractivity contribution < 1.29 is 9.90 Å². The zero-order chi connectivity index (χ0) is 11.1. The highest BCUT2D eigenvalue weighted by molar-refractivity contribution is 5.72. The van der Waals surface area contributed by atoms with Crippen LogP contribution in [0.4, 0.5) is 0 Å². The van der Waals surface area contributed by atoms with Gasteiger partial charge in [-0.25, -0.2) is 0 Å². The van der Waals surface area contributed by atoms with Gasteiger partial charge in [0.15, 0.2) is 0 Å². The monoisotopic (exact) mass is 201 g/mol. The second-order valence-electron chi connectivity index (χ2n) is 3.86. The van der Waals surface area contributed by atoms with E-state index >= 15 is 0 Å². The van der Waals surface area contributed by atoms with Gasteiger partial charge < -0.3 is 5.11 Å². The zero-order valence-electron chi connectivity index (χ0n) is 9.79. The molecule has 3 heteroatoms. The molecule has 1 N–H and O–H groups in total. The van der Waals surface area contributed by atoms with E-state index in [1.54, 1.807) is 6.92 Å². The van der Waals surface area contributed by atoms with E-state index in [4.69, 9.17) is 5.11 Å². The number of aliphatic carboxylic acids is 1. The maximum absolute atomic E-state index is 10.9. The average molecular weight is 201 g/mol. The van der Waals surface area contributed by atoms with Crippen molar-refractivity contribution >= 4 is 5.97 Å². The lowest BCUT2D eigenvalue weighted by molar-refractivity contribution is -0.143. The van der Waals surface area contributed by atoms with E-state index in [2.05, 4.69) is 25.7 Å². The summed E-state index contributed by atoms with van der Waals surface area (Å²) in [5, 5.41) is 8.95. The molecule has 0 aromatic rings. The van der Waals surface area contributed by atoms with Crippen molar-refractivity contribution in [2.75, 3.05) is 6.54 Å². The van der Waals surface area contributed by atoms with Crippen molar-refractivity contribution in [1.29, 1.82) is 0 Å². The van der Waals surface area contributed by atoms with Crippen LogP contribution < -0.4 is 0 Å². The van der Waals surface area contributed by atoms with Crippen LogP contribution in [0.5, 0.6) is 0 Å². The number of carboxylic acids is 1. The highest BCUT2D eigenvalue weighted by Crippen LogP contribution is 2.10. The molecular weight excluding hydrogens is 178 g/mol. The molecule has 0 bridgehead atoms. The largest absolute Gasteiger partial charge is 0.480 e. The molecule has 0 aromatic heterocycles. The molecule has 0 fully saturated rings. The highest BCUT2D eigenvalue weighted by atomic mass is 16.4. The molecule has 2 unspecified atom stereocenters. The first-order chi connectivity index (χ1) is 6.54. The molecular formula is C11H23NO2. The molecule has 0 aromatic carbocycles. The van der Waals surface area contributed by atoms with E-state index in [1.165, 1.54) is 0 Å². The normalized spacial score (nSPS) is 15.5. The van der Waals surface area contributed by atoms with Crippen molar-refractivity contribution in [3.63, 3.8) is 0 Å². The second-order valence-corrected chi connectivity index (χ2v) is 3.86. The minimum Gasteiger partial charge on any atom is -0.480 e. The lowest BCUT2D eigenvalue weighted by Crippen LogP contribution is -2.44. The number of rotatable bonds is 7. The third-order valence-electron chi connectivity index (χ3n) is 2.78. The van der Waals surface area contributed by atoms with Crippen LogP contribution in [-0.2, 0) is 4.79 Å². The molecule has 0 amide bonds. The Morgan fingerprint density at radius 3 is 2.29 bits per heavy atom. The van der Waals surface area contributed by atoms with Crippen LogP contribution in [0, 0.1) is 0 Å². The van der Waals surface area contributed by atoms with Crippen molar-refractivity contribution in [3.8, 4) is 0 Å². The van der Waals surface area contributed by atoms with E-state index in [0.29, 0.717) is 6.04 Å². The molecule has 3 nitrogen and oxygen atoms in total. The third-order valence-corrected chi connectivity index (χ3v) is 2.78. The van der Waals surface area contributed by atoms with Gasteiger partial charge in [-0.05, 0) is 33.2 Å². The Bertz CT molecular complexity index is 171. The van der Waals surface area contributed by atoms with Gasteiger partial charge in [0.05, 0.1) is 0 Å². The van der Waals surface area contributed by atoms with Crippen LogP contribution in [0.3, 0.4) is 0 Å². The summed E-state index contributed by atoms with van der Waals surface area (Å²) in [7, 11) is 0. The SMILES string of the molecule is CCCCN(C(C)CC)C(C)C(=O)O. The van der Waals surface area contributed by atoms with E-state index in [0.717, 1.165) is 25.8 Å². The molecule has 14 heavy (non-hydrogen) atoms. The second kappa shape index (κ2) is 6.82. The summed E-state index contributed by atoms with van der Waals surface area (Å²) in [6, 6.07) is -0.0100. The smallest absolute Gasteiger partial charge is 0.320 e. The van der Waals surface area contributed by atoms with Gasteiger partial charge in [-0.15, -0.1) is 0 Å². The Hall–Kier alpha value is -0.570. The van der Waals surface area contributed by atoms with Gasteiger partial charge in [-0.3, -0.25) is 9.69 Å². The number of hydrogen-bond acceptors (Lipinski definition) is 2. The number of carboxylic acid groups (broad SMARTS) is 1. The van der Waals surface area contributed by atoms with Crippen molar-refractivity contribution in [1.82, 2.24) is 4.90 Å². The van der Waals surface area contributed by atoms with Crippen molar-refractivity contribution in [3.05, 3.63) is 0 Å². The zero-order valence-corrected chi connectivity index (χ0v) is 9.79. The standard InChI is InChI=1S/C11H23NO2/c1-5-7-8-12(9(3)6-2)10(4)11(13)14/h9-10H,5-8H2,1-4H3,(H,13,14). The van der Waals surface area contributed by atoms with Gasteiger partial charge in [0.2, 0.25) is 0 Å². The lowest BCUT2D eigenvalue weighted by atomic mass is 10.1. The van der Waals surface area contributed by atoms with Gasteiger partial charge >= 0.3 is 5.97 Å². The van der Waals surface area contributed by atoms with Crippen LogP contribution in [0.15, 0.2) is 0 Å². The quantitative estimate of drug-likeness (QED) is 0.687. The first-order valence-corrected chi connectivity index (χ1v) is 5.53. The van der Waals surface area contributed by atoms with Crippen molar-refractivity contribution in [2.24, 2.45) is 0 Å². The van der Waals surface area contributed by atoms with Gasteiger partial charge in [0.1, 0.15) is 6.04 Å². The van der Waals surface area contributed by atoms with Gasteiger partial charge in [0.25, 0.3) is 0 Å². The average Bonchev–Trinajstić information content (AvgIpc) is 2.17. The molecule has 0 aliphatic rings. The Balaban J connectivity index is 4.29. The van der Waals surface area contributed by atoms with Gasteiger partial charge in [-0.1, -0.05) is 20.3 Å². The Labute approximate surface area is 87.1 Å². The fraction of sp³-hybridized carbons (Fsp3) is 0.909. The van der Waals surface area contributed by atoms with Crippen LogP contribution in [0.1, 0.15) is 47.0 Å². The Morgan fingerprint density at radius 2 is 1.93 bits per heavy atom. The van der Waals surface area contributed by atoms with Crippen LogP contribution in [0.2, 0.25) is 0 Å². The number of carbonyl (C=O) groups is 1. The predicted octanol–water partition coefficient (Wildman–Crippen LogP) is 2.36. The fourth-order valence-electron chi connectivity index (χ4n) is 1.51. The Morgan fingerprint density at radius 1 is 1.36 bits per heavy atom. The van der Waals surface area contributed by atoms with Crippen LogP contribution in [-0.4, -0.2) is 34.6 Å². The molecule has 0 spiro atoms. The molecule has 2 atom stereocenters. The minimum atomic E-state index is -0.721. The summed E-state index contributed by atoms with van der Waals surface area (Å²) in [5.74, 6) is -0.721. The molecule has 84 valence electrons. The summed E-state index contributed by atoms with van der Waals surface area (Å²) >= 11 is 0. The molecule has 0 radical (unpaired) electrons. The van der Waals surface area contributed by atoms with E-state index in [1.807, 2.05) is 0 Å². The van der Waals surface area contributed by atoms with Crippen molar-refractivity contribution in [2.45, 2.75) is 59.0 Å². The maximum atomic E-state index is 10.9.